The molecule has 0 aromatic carbocycles. The molecule has 46 valence electrons. The van der Waals surface area contributed by atoms with Crippen molar-refractivity contribution >= 4 is 6.09 Å². The van der Waals surface area contributed by atoms with Crippen LogP contribution < -0.4 is 0 Å². The zero-order chi connectivity index (χ0) is 6.57. The molecule has 0 aliphatic rings. The van der Waals surface area contributed by atoms with Gasteiger partial charge in [0.25, 0.3) is 0 Å². The number of hydrogen-bond donors (Lipinski definition) is 0. The van der Waals surface area contributed by atoms with E-state index < -0.39 is 11.0 Å². The second kappa shape index (κ2) is 2.92. The van der Waals surface area contributed by atoms with Crippen LogP contribution in [0.3, 0.4) is 0 Å². The molecule has 0 fully saturated rings. The van der Waals surface area contributed by atoms with Crippen LogP contribution in [0.5, 0.6) is 0 Å². The summed E-state index contributed by atoms with van der Waals surface area (Å²) in [6, 6.07) is 0. The van der Waals surface area contributed by atoms with E-state index >= 15 is 0 Å². The Kier molecular flexibility index (Phi) is 2.49. The summed E-state index contributed by atoms with van der Waals surface area (Å²) in [6.45, 7) is 0. The second-order valence-electron chi connectivity index (χ2n) is 0.773. The van der Waals surface area contributed by atoms with Crippen molar-refractivity contribution in [1.29, 1.82) is 0 Å². The highest BCUT2D eigenvalue weighted by molar-refractivity contribution is 5.56. The summed E-state index contributed by atoms with van der Waals surface area (Å²) < 4.78 is 0. The monoisotopic (exact) mass is 121 g/mol. The fourth-order valence-electron chi connectivity index (χ4n) is 0.102. The number of carbonyl (C=O) groups excluding carboxylic acids is 1. The Labute approximate surface area is 44.1 Å². The smallest absolute Gasteiger partial charge is 0.253 e. The molecule has 0 saturated heterocycles. The molecular formula is C2H3NO5. The lowest BCUT2D eigenvalue weighted by molar-refractivity contribution is -0.431. The Hall–Kier alpha value is -1.17. The van der Waals surface area contributed by atoms with E-state index in [1.165, 1.54) is 0 Å². The lowest BCUT2D eigenvalue weighted by Gasteiger charge is -1.86. The number of nitrogens with zero attached hydrogens (tertiary/aromatic N) is 1. The zero-order valence-corrected chi connectivity index (χ0v) is 3.99. The predicted octanol–water partition coefficient (Wildman–Crippen LogP) is -0.0389. The molecule has 0 aromatic heterocycles. The average Bonchev–Trinajstić information content (AvgIpc) is 1.67. The van der Waals surface area contributed by atoms with Gasteiger partial charge in [-0.3, -0.25) is 10.1 Å². The topological polar surface area (TPSA) is 78.7 Å². The van der Waals surface area contributed by atoms with E-state index in [4.69, 9.17) is 0 Å². The van der Waals surface area contributed by atoms with E-state index in [-0.39, 0.29) is 0 Å². The summed E-state index contributed by atoms with van der Waals surface area (Å²) in [6.07, 6.45) is -1.62. The van der Waals surface area contributed by atoms with Gasteiger partial charge in [0, 0.05) is 0 Å². The molecule has 0 aromatic rings. The standard InChI is InChI=1S/C2H3NO5/c1-7-8-2(4)3(5)6/h1H3. The van der Waals surface area contributed by atoms with Gasteiger partial charge in [0.05, 0.1) is 7.11 Å². The molecule has 0 unspecified atom stereocenters. The van der Waals surface area contributed by atoms with E-state index in [0.717, 1.165) is 7.11 Å². The van der Waals surface area contributed by atoms with E-state index in [1.807, 2.05) is 0 Å². The van der Waals surface area contributed by atoms with Gasteiger partial charge in [-0.1, -0.05) is 0 Å². The van der Waals surface area contributed by atoms with Crippen molar-refractivity contribution in [3.8, 4) is 0 Å². The molecule has 0 bridgehead atoms. The Morgan fingerprint density at radius 2 is 2.25 bits per heavy atom. The molecular weight excluding hydrogens is 118 g/mol. The van der Waals surface area contributed by atoms with Crippen LogP contribution in [0, 0.1) is 10.1 Å². The van der Waals surface area contributed by atoms with E-state index in [9.17, 15) is 14.9 Å². The number of rotatable bonds is 1. The maximum atomic E-state index is 9.70. The Morgan fingerprint density at radius 1 is 1.75 bits per heavy atom. The van der Waals surface area contributed by atoms with E-state index in [1.54, 1.807) is 0 Å². The molecule has 1 amide bonds. The largest absolute Gasteiger partial charge is 0.688 e. The first-order valence-electron chi connectivity index (χ1n) is 1.57. The van der Waals surface area contributed by atoms with Crippen LogP contribution in [0.15, 0.2) is 0 Å². The molecule has 0 atom stereocenters. The highest BCUT2D eigenvalue weighted by atomic mass is 17.2. The molecule has 0 N–H and O–H groups in total. The normalized spacial score (nSPS) is 8.12. The number of nitro groups is 1. The van der Waals surface area contributed by atoms with Gasteiger partial charge in [-0.05, 0) is 0 Å². The molecule has 0 heterocycles. The quantitative estimate of drug-likeness (QED) is 0.276. The summed E-state index contributed by atoms with van der Waals surface area (Å²) in [5, 5.41) is 9.34. The third kappa shape index (κ3) is 2.08. The Morgan fingerprint density at radius 3 is 2.38 bits per heavy atom. The molecule has 0 aliphatic carbocycles. The minimum Gasteiger partial charge on any atom is -0.253 e. The van der Waals surface area contributed by atoms with Crippen molar-refractivity contribution in [3.05, 3.63) is 10.1 Å². The SMILES string of the molecule is COOC(=O)[N+](=O)[O-]. The van der Waals surface area contributed by atoms with Crippen molar-refractivity contribution in [2.24, 2.45) is 0 Å². The van der Waals surface area contributed by atoms with Crippen molar-refractivity contribution in [1.82, 2.24) is 0 Å². The molecule has 6 heteroatoms. The van der Waals surface area contributed by atoms with Gasteiger partial charge in [-0.2, -0.15) is 9.68 Å². The van der Waals surface area contributed by atoms with Crippen LogP contribution in [0.25, 0.3) is 0 Å². The van der Waals surface area contributed by atoms with Gasteiger partial charge < -0.3 is 0 Å². The minimum atomic E-state index is -1.62. The average molecular weight is 121 g/mol. The Balaban J connectivity index is 3.49. The van der Waals surface area contributed by atoms with Crippen molar-refractivity contribution in [3.63, 3.8) is 0 Å². The van der Waals surface area contributed by atoms with Crippen LogP contribution >= 0.6 is 0 Å². The summed E-state index contributed by atoms with van der Waals surface area (Å²) >= 11 is 0. The van der Waals surface area contributed by atoms with Crippen LogP contribution in [0.1, 0.15) is 0 Å². The lowest BCUT2D eigenvalue weighted by atomic mass is 11.3. The molecule has 8 heavy (non-hydrogen) atoms. The van der Waals surface area contributed by atoms with Crippen molar-refractivity contribution < 1.29 is 19.5 Å². The number of carbonyl (C=O) groups is 1. The van der Waals surface area contributed by atoms with Crippen LogP contribution in [-0.4, -0.2) is 18.1 Å². The maximum absolute atomic E-state index is 9.70. The first-order valence-corrected chi connectivity index (χ1v) is 1.57. The van der Waals surface area contributed by atoms with Gasteiger partial charge in [0.15, 0.2) is 0 Å². The van der Waals surface area contributed by atoms with Gasteiger partial charge in [-0.15, -0.1) is 0 Å². The summed E-state index contributed by atoms with van der Waals surface area (Å²) in [7, 11) is 1.00. The first-order chi connectivity index (χ1) is 3.68. The first kappa shape index (κ1) is 6.83. The van der Waals surface area contributed by atoms with Crippen LogP contribution in [-0.2, 0) is 9.78 Å². The van der Waals surface area contributed by atoms with E-state index in [2.05, 4.69) is 9.78 Å². The molecule has 0 radical (unpaired) electrons. The van der Waals surface area contributed by atoms with Crippen LogP contribution in [0.4, 0.5) is 4.79 Å². The van der Waals surface area contributed by atoms with Gasteiger partial charge >= 0.3 is 6.09 Å². The molecule has 0 rings (SSSR count). The lowest BCUT2D eigenvalue weighted by Crippen LogP contribution is -2.12. The van der Waals surface area contributed by atoms with Gasteiger partial charge in [0.2, 0.25) is 0 Å². The number of amides is 1. The minimum absolute atomic E-state index is 1.00. The van der Waals surface area contributed by atoms with Crippen LogP contribution in [0.2, 0.25) is 0 Å². The fourth-order valence-corrected chi connectivity index (χ4v) is 0.102. The Bertz CT molecular complexity index is 109. The van der Waals surface area contributed by atoms with Crippen molar-refractivity contribution in [2.75, 3.05) is 7.11 Å². The highest BCUT2D eigenvalue weighted by Gasteiger charge is 2.16. The summed E-state index contributed by atoms with van der Waals surface area (Å²) in [4.78, 5) is 24.9. The summed E-state index contributed by atoms with van der Waals surface area (Å²) in [5.41, 5.74) is 0. The third-order valence-electron chi connectivity index (χ3n) is 0.304. The van der Waals surface area contributed by atoms with Gasteiger partial charge in [-0.25, -0.2) is 4.89 Å². The molecule has 0 spiro atoms. The number of hydrogen-bond acceptors (Lipinski definition) is 5. The van der Waals surface area contributed by atoms with Crippen molar-refractivity contribution in [2.45, 2.75) is 0 Å². The third-order valence-corrected chi connectivity index (χ3v) is 0.304. The fraction of sp³-hybridized carbons (Fsp3) is 0.500. The zero-order valence-electron chi connectivity index (χ0n) is 3.99. The molecule has 0 saturated carbocycles. The molecule has 6 nitrogen and oxygen atoms in total. The summed E-state index contributed by atoms with van der Waals surface area (Å²) in [5.74, 6) is 0. The predicted molar refractivity (Wildman–Crippen MR) is 20.5 cm³/mol. The molecule has 0 aliphatic heterocycles. The van der Waals surface area contributed by atoms with E-state index in [0.29, 0.717) is 0 Å². The van der Waals surface area contributed by atoms with Gasteiger partial charge in [0.1, 0.15) is 4.92 Å². The highest BCUT2D eigenvalue weighted by Crippen LogP contribution is 1.79. The maximum Gasteiger partial charge on any atom is 0.688 e. The second-order valence-corrected chi connectivity index (χ2v) is 0.773.